The van der Waals surface area contributed by atoms with Crippen LogP contribution >= 0.6 is 0 Å². The van der Waals surface area contributed by atoms with Crippen LogP contribution in [0.25, 0.3) is 0 Å². The quantitative estimate of drug-likeness (QED) is 0.556. The first-order valence-electron chi connectivity index (χ1n) is 12.8. The normalized spacial score (nSPS) is 19.2. The fraction of sp³-hybridized carbons (Fsp3) is 0.464. The number of fused-ring (bicyclic) bond motifs is 1. The number of benzene rings is 2. The second kappa shape index (κ2) is 10.8. The molecule has 0 bridgehead atoms. The third kappa shape index (κ3) is 4.88. The number of imide groups is 1. The lowest BCUT2D eigenvalue weighted by atomic mass is 9.93. The lowest BCUT2D eigenvalue weighted by molar-refractivity contribution is -0.138. The van der Waals surface area contributed by atoms with E-state index in [1.807, 2.05) is 23.1 Å². The van der Waals surface area contributed by atoms with Crippen LogP contribution in [0.4, 0.5) is 5.69 Å². The van der Waals surface area contributed by atoms with Gasteiger partial charge < -0.3 is 14.5 Å². The van der Waals surface area contributed by atoms with E-state index >= 15 is 0 Å². The highest BCUT2D eigenvalue weighted by molar-refractivity contribution is 6.23. The van der Waals surface area contributed by atoms with E-state index in [2.05, 4.69) is 34.1 Å². The second-order valence-electron chi connectivity index (χ2n) is 9.80. The number of nitrogens with zero attached hydrogens (tertiary/aromatic N) is 4. The minimum absolute atomic E-state index is 0.00854. The van der Waals surface area contributed by atoms with E-state index in [9.17, 15) is 14.4 Å². The molecule has 2 aromatic rings. The monoisotopic (exact) mass is 490 g/mol. The Kier molecular flexibility index (Phi) is 7.34. The summed E-state index contributed by atoms with van der Waals surface area (Å²) >= 11 is 0. The molecule has 8 heteroatoms. The van der Waals surface area contributed by atoms with Gasteiger partial charge >= 0.3 is 0 Å². The van der Waals surface area contributed by atoms with E-state index < -0.39 is 0 Å². The van der Waals surface area contributed by atoms with Crippen LogP contribution in [0, 0.1) is 5.92 Å². The average molecular weight is 491 g/mol. The third-order valence-corrected chi connectivity index (χ3v) is 7.61. The first kappa shape index (κ1) is 24.5. The minimum Gasteiger partial charge on any atom is -0.383 e. The molecule has 2 fully saturated rings. The lowest BCUT2D eigenvalue weighted by Gasteiger charge is -2.39. The summed E-state index contributed by atoms with van der Waals surface area (Å²) in [5.74, 6) is -0.252. The highest BCUT2D eigenvalue weighted by atomic mass is 16.5. The maximum absolute atomic E-state index is 13.3. The first-order chi connectivity index (χ1) is 17.6. The molecule has 0 aliphatic carbocycles. The number of methoxy groups -OCH3 is 1. The summed E-state index contributed by atoms with van der Waals surface area (Å²) in [6.07, 6.45) is 1.50. The molecular formula is C28H34N4O4. The van der Waals surface area contributed by atoms with Gasteiger partial charge in [0.25, 0.3) is 11.8 Å². The summed E-state index contributed by atoms with van der Waals surface area (Å²) in [6.45, 7) is 6.20. The molecule has 0 saturated carbocycles. The van der Waals surface area contributed by atoms with Gasteiger partial charge in [0.15, 0.2) is 0 Å². The van der Waals surface area contributed by atoms with Crippen LogP contribution in [0.1, 0.15) is 39.1 Å². The van der Waals surface area contributed by atoms with Crippen molar-refractivity contribution in [3.05, 3.63) is 65.2 Å². The van der Waals surface area contributed by atoms with Gasteiger partial charge in [-0.2, -0.15) is 0 Å². The second-order valence-corrected chi connectivity index (χ2v) is 9.80. The van der Waals surface area contributed by atoms with Gasteiger partial charge in [-0.1, -0.05) is 36.4 Å². The molecule has 3 amide bonds. The molecule has 0 atom stereocenters. The predicted molar refractivity (Wildman–Crippen MR) is 137 cm³/mol. The summed E-state index contributed by atoms with van der Waals surface area (Å²) in [7, 11) is 1.56. The van der Waals surface area contributed by atoms with Crippen molar-refractivity contribution < 1.29 is 19.1 Å². The first-order valence-corrected chi connectivity index (χ1v) is 12.8. The molecule has 2 aromatic carbocycles. The molecule has 5 rings (SSSR count). The Morgan fingerprint density at radius 3 is 2.31 bits per heavy atom. The van der Waals surface area contributed by atoms with Crippen LogP contribution in [0.2, 0.25) is 0 Å². The fourth-order valence-electron chi connectivity index (χ4n) is 5.56. The van der Waals surface area contributed by atoms with Crippen molar-refractivity contribution in [2.24, 2.45) is 5.92 Å². The average Bonchev–Trinajstić information content (AvgIpc) is 3.17. The third-order valence-electron chi connectivity index (χ3n) is 7.61. The highest BCUT2D eigenvalue weighted by Crippen LogP contribution is 2.34. The SMILES string of the molecule is COCCN1C(=O)c2cccc(N3CCC(C(=O)N4CCN(Cc5ccccc5)CC4)CC3)c2C1=O. The molecule has 3 aliphatic heterocycles. The molecule has 190 valence electrons. The summed E-state index contributed by atoms with van der Waals surface area (Å²) in [5, 5.41) is 0. The molecule has 2 saturated heterocycles. The van der Waals surface area contributed by atoms with Crippen LogP contribution in [0.5, 0.6) is 0 Å². The number of ether oxygens (including phenoxy) is 1. The van der Waals surface area contributed by atoms with Gasteiger partial charge in [0.05, 0.1) is 30.0 Å². The van der Waals surface area contributed by atoms with Gasteiger partial charge in [0, 0.05) is 58.8 Å². The summed E-state index contributed by atoms with van der Waals surface area (Å²) < 4.78 is 5.07. The van der Waals surface area contributed by atoms with Gasteiger partial charge in [-0.25, -0.2) is 0 Å². The zero-order valence-corrected chi connectivity index (χ0v) is 20.9. The van der Waals surface area contributed by atoms with Gasteiger partial charge in [-0.05, 0) is 30.5 Å². The van der Waals surface area contributed by atoms with Crippen LogP contribution in [-0.2, 0) is 16.1 Å². The highest BCUT2D eigenvalue weighted by Gasteiger charge is 2.39. The number of piperidine rings is 1. The van der Waals surface area contributed by atoms with E-state index in [0.29, 0.717) is 30.8 Å². The topological polar surface area (TPSA) is 73.4 Å². The number of carbonyl (C=O) groups is 3. The largest absolute Gasteiger partial charge is 0.383 e. The van der Waals surface area contributed by atoms with Gasteiger partial charge in [-0.15, -0.1) is 0 Å². The van der Waals surface area contributed by atoms with E-state index in [1.54, 1.807) is 13.2 Å². The van der Waals surface area contributed by atoms with Gasteiger partial charge in [-0.3, -0.25) is 24.2 Å². The lowest BCUT2D eigenvalue weighted by Crippen LogP contribution is -2.51. The Balaban J connectivity index is 1.16. The Labute approximate surface area is 212 Å². The van der Waals surface area contributed by atoms with Crippen LogP contribution in [-0.4, -0.2) is 92.0 Å². The summed E-state index contributed by atoms with van der Waals surface area (Å²) in [6, 6.07) is 15.9. The summed E-state index contributed by atoms with van der Waals surface area (Å²) in [4.78, 5) is 46.9. The van der Waals surface area contributed by atoms with Crippen molar-refractivity contribution in [1.82, 2.24) is 14.7 Å². The van der Waals surface area contributed by atoms with Crippen LogP contribution < -0.4 is 4.90 Å². The standard InChI is InChI=1S/C28H34N4O4/c1-36-19-18-32-27(34)23-8-5-9-24(25(23)28(32)35)30-12-10-22(11-13-30)26(33)31-16-14-29(15-17-31)20-21-6-3-2-4-7-21/h2-9,22H,10-20H2,1H3. The number of carbonyl (C=O) groups excluding carboxylic acids is 3. The minimum atomic E-state index is -0.259. The van der Waals surface area contributed by atoms with Crippen molar-refractivity contribution in [2.45, 2.75) is 19.4 Å². The van der Waals surface area contributed by atoms with Gasteiger partial charge in [0.1, 0.15) is 0 Å². The maximum atomic E-state index is 13.3. The zero-order valence-electron chi connectivity index (χ0n) is 20.9. The Morgan fingerprint density at radius 2 is 1.61 bits per heavy atom. The molecule has 0 spiro atoms. The van der Waals surface area contributed by atoms with E-state index in [4.69, 9.17) is 4.74 Å². The van der Waals surface area contributed by atoms with Crippen molar-refractivity contribution >= 4 is 23.4 Å². The fourth-order valence-corrected chi connectivity index (χ4v) is 5.56. The molecule has 0 aromatic heterocycles. The maximum Gasteiger partial charge on any atom is 0.263 e. The Hall–Kier alpha value is -3.23. The molecule has 0 unspecified atom stereocenters. The molecule has 3 aliphatic rings. The number of hydrogen-bond donors (Lipinski definition) is 0. The number of amides is 3. The van der Waals surface area contributed by atoms with Crippen molar-refractivity contribution in [1.29, 1.82) is 0 Å². The molecule has 8 nitrogen and oxygen atoms in total. The zero-order chi connectivity index (χ0) is 25.1. The molecular weight excluding hydrogens is 456 g/mol. The smallest absolute Gasteiger partial charge is 0.263 e. The van der Waals surface area contributed by atoms with Crippen molar-refractivity contribution in [3.63, 3.8) is 0 Å². The number of rotatable bonds is 7. The van der Waals surface area contributed by atoms with E-state index in [1.165, 1.54) is 10.5 Å². The molecule has 36 heavy (non-hydrogen) atoms. The molecule has 0 radical (unpaired) electrons. The van der Waals surface area contributed by atoms with Crippen LogP contribution in [0.3, 0.4) is 0 Å². The Bertz CT molecular complexity index is 1110. The van der Waals surface area contributed by atoms with E-state index in [0.717, 1.165) is 51.3 Å². The Morgan fingerprint density at radius 1 is 0.889 bits per heavy atom. The summed E-state index contributed by atoms with van der Waals surface area (Å²) in [5.41, 5.74) is 3.04. The number of anilines is 1. The predicted octanol–water partition coefficient (Wildman–Crippen LogP) is 2.49. The van der Waals surface area contributed by atoms with E-state index in [-0.39, 0.29) is 30.2 Å². The molecule has 0 N–H and O–H groups in total. The number of hydrogen-bond acceptors (Lipinski definition) is 6. The van der Waals surface area contributed by atoms with Crippen molar-refractivity contribution in [3.8, 4) is 0 Å². The number of piperazine rings is 1. The van der Waals surface area contributed by atoms with Crippen LogP contribution in [0.15, 0.2) is 48.5 Å². The van der Waals surface area contributed by atoms with Gasteiger partial charge in [0.2, 0.25) is 5.91 Å². The van der Waals surface area contributed by atoms with Crippen molar-refractivity contribution in [2.75, 3.05) is 64.4 Å². The molecule has 3 heterocycles.